The van der Waals surface area contributed by atoms with E-state index in [1.807, 2.05) is 0 Å². The lowest BCUT2D eigenvalue weighted by Gasteiger charge is -2.16. The predicted octanol–water partition coefficient (Wildman–Crippen LogP) is 3.94. The average Bonchev–Trinajstić information content (AvgIpc) is 2.45. The Morgan fingerprint density at radius 1 is 1.19 bits per heavy atom. The second-order valence-electron chi connectivity index (χ2n) is 5.02. The van der Waals surface area contributed by atoms with Gasteiger partial charge in [-0.15, -0.1) is 0 Å². The monoisotopic (exact) mass is 311 g/mol. The molecule has 116 valence electrons. The van der Waals surface area contributed by atoms with Gasteiger partial charge in [0, 0.05) is 17.0 Å². The van der Waals surface area contributed by atoms with Crippen LogP contribution in [0.2, 0.25) is 5.02 Å². The van der Waals surface area contributed by atoms with Crippen molar-refractivity contribution >= 4 is 23.5 Å². The molecule has 0 aliphatic heterocycles. The lowest BCUT2D eigenvalue weighted by Crippen LogP contribution is -2.33. The van der Waals surface area contributed by atoms with E-state index in [0.717, 1.165) is 25.7 Å². The molecule has 21 heavy (non-hydrogen) atoms. The maximum atomic E-state index is 11.9. The normalized spacial score (nSPS) is 11.9. The van der Waals surface area contributed by atoms with Crippen molar-refractivity contribution in [3.63, 3.8) is 0 Å². The van der Waals surface area contributed by atoms with Crippen LogP contribution in [0.5, 0.6) is 0 Å². The molecule has 5 heteroatoms. The second-order valence-corrected chi connectivity index (χ2v) is 5.43. The SMILES string of the molecule is CCCCCCCC(=O)N[C@@H](C(=O)O)c1ccccc1Cl. The van der Waals surface area contributed by atoms with Crippen molar-refractivity contribution in [1.29, 1.82) is 0 Å². The van der Waals surface area contributed by atoms with Crippen molar-refractivity contribution in [3.8, 4) is 0 Å². The summed E-state index contributed by atoms with van der Waals surface area (Å²) >= 11 is 5.99. The van der Waals surface area contributed by atoms with Gasteiger partial charge in [-0.2, -0.15) is 0 Å². The Labute approximate surface area is 130 Å². The molecular weight excluding hydrogens is 290 g/mol. The van der Waals surface area contributed by atoms with Crippen LogP contribution in [-0.2, 0) is 9.59 Å². The molecule has 1 atom stereocenters. The van der Waals surface area contributed by atoms with E-state index >= 15 is 0 Å². The van der Waals surface area contributed by atoms with Crippen LogP contribution in [0.4, 0.5) is 0 Å². The molecule has 0 bridgehead atoms. The highest BCUT2D eigenvalue weighted by Crippen LogP contribution is 2.23. The Kier molecular flexibility index (Phi) is 7.83. The van der Waals surface area contributed by atoms with Crippen molar-refractivity contribution < 1.29 is 14.7 Å². The Morgan fingerprint density at radius 3 is 2.48 bits per heavy atom. The number of hydrogen-bond donors (Lipinski definition) is 2. The molecule has 1 aromatic carbocycles. The van der Waals surface area contributed by atoms with E-state index in [0.29, 0.717) is 17.0 Å². The average molecular weight is 312 g/mol. The number of rotatable bonds is 9. The van der Waals surface area contributed by atoms with Gasteiger partial charge < -0.3 is 10.4 Å². The number of halogens is 1. The molecule has 1 aromatic rings. The fourth-order valence-electron chi connectivity index (χ4n) is 2.10. The van der Waals surface area contributed by atoms with Gasteiger partial charge in [-0.25, -0.2) is 4.79 Å². The highest BCUT2D eigenvalue weighted by Gasteiger charge is 2.23. The predicted molar refractivity (Wildman–Crippen MR) is 83.3 cm³/mol. The third-order valence-corrected chi connectivity index (χ3v) is 3.62. The van der Waals surface area contributed by atoms with E-state index in [9.17, 15) is 14.7 Å². The number of nitrogens with one attached hydrogen (secondary N) is 1. The lowest BCUT2D eigenvalue weighted by molar-refractivity contribution is -0.142. The van der Waals surface area contributed by atoms with E-state index in [1.165, 1.54) is 6.42 Å². The maximum absolute atomic E-state index is 11.9. The van der Waals surface area contributed by atoms with Crippen LogP contribution in [0.15, 0.2) is 24.3 Å². The lowest BCUT2D eigenvalue weighted by atomic mass is 10.1. The van der Waals surface area contributed by atoms with Crippen LogP contribution in [-0.4, -0.2) is 17.0 Å². The van der Waals surface area contributed by atoms with E-state index < -0.39 is 12.0 Å². The first-order valence-corrected chi connectivity index (χ1v) is 7.70. The molecule has 0 radical (unpaired) electrons. The molecule has 0 saturated carbocycles. The number of amides is 1. The molecule has 0 unspecified atom stereocenters. The minimum atomic E-state index is -1.11. The molecule has 0 heterocycles. The Bertz CT molecular complexity index is 476. The Balaban J connectivity index is 2.54. The molecule has 0 aliphatic carbocycles. The minimum Gasteiger partial charge on any atom is -0.479 e. The Morgan fingerprint density at radius 2 is 1.86 bits per heavy atom. The number of carbonyl (C=O) groups excluding carboxylic acids is 1. The number of aliphatic carboxylic acids is 1. The van der Waals surface area contributed by atoms with Crippen LogP contribution in [0.1, 0.15) is 57.1 Å². The Hall–Kier alpha value is -1.55. The van der Waals surface area contributed by atoms with Gasteiger partial charge in [0.2, 0.25) is 5.91 Å². The minimum absolute atomic E-state index is 0.251. The largest absolute Gasteiger partial charge is 0.479 e. The highest BCUT2D eigenvalue weighted by molar-refractivity contribution is 6.31. The summed E-state index contributed by atoms with van der Waals surface area (Å²) in [4.78, 5) is 23.2. The van der Waals surface area contributed by atoms with Crippen LogP contribution in [0.25, 0.3) is 0 Å². The molecule has 1 amide bonds. The van der Waals surface area contributed by atoms with Gasteiger partial charge in [-0.3, -0.25) is 4.79 Å². The van der Waals surface area contributed by atoms with E-state index in [-0.39, 0.29) is 5.91 Å². The van der Waals surface area contributed by atoms with Gasteiger partial charge >= 0.3 is 5.97 Å². The van der Waals surface area contributed by atoms with Crippen molar-refractivity contribution in [1.82, 2.24) is 5.32 Å². The van der Waals surface area contributed by atoms with Gasteiger partial charge in [0.1, 0.15) is 0 Å². The molecule has 0 fully saturated rings. The first-order chi connectivity index (χ1) is 10.1. The zero-order valence-electron chi connectivity index (χ0n) is 12.3. The maximum Gasteiger partial charge on any atom is 0.330 e. The van der Waals surface area contributed by atoms with E-state index in [2.05, 4.69) is 12.2 Å². The quantitative estimate of drug-likeness (QED) is 0.679. The van der Waals surface area contributed by atoms with Gasteiger partial charge in [0.15, 0.2) is 6.04 Å². The summed E-state index contributed by atoms with van der Waals surface area (Å²) in [7, 11) is 0. The zero-order valence-corrected chi connectivity index (χ0v) is 13.0. The standard InChI is InChI=1S/C16H22ClNO3/c1-2-3-4-5-6-11-14(19)18-15(16(20)21)12-9-7-8-10-13(12)17/h7-10,15H,2-6,11H2,1H3,(H,18,19)(H,20,21)/t15-/m1/s1. The number of hydrogen-bond acceptors (Lipinski definition) is 2. The summed E-state index contributed by atoms with van der Waals surface area (Å²) < 4.78 is 0. The van der Waals surface area contributed by atoms with Crippen molar-refractivity contribution in [3.05, 3.63) is 34.9 Å². The summed E-state index contributed by atoms with van der Waals surface area (Å²) in [6.45, 7) is 2.13. The molecule has 0 saturated heterocycles. The van der Waals surface area contributed by atoms with Crippen molar-refractivity contribution in [2.24, 2.45) is 0 Å². The molecule has 0 aromatic heterocycles. The first kappa shape index (κ1) is 17.5. The van der Waals surface area contributed by atoms with Gasteiger partial charge in [0.05, 0.1) is 0 Å². The highest BCUT2D eigenvalue weighted by atomic mass is 35.5. The number of unbranched alkanes of at least 4 members (excludes halogenated alkanes) is 4. The van der Waals surface area contributed by atoms with Crippen molar-refractivity contribution in [2.75, 3.05) is 0 Å². The second kappa shape index (κ2) is 9.40. The third kappa shape index (κ3) is 6.17. The number of carbonyl (C=O) groups is 2. The van der Waals surface area contributed by atoms with Crippen LogP contribution in [0.3, 0.4) is 0 Å². The molecule has 0 spiro atoms. The first-order valence-electron chi connectivity index (χ1n) is 7.32. The van der Waals surface area contributed by atoms with Gasteiger partial charge in [-0.1, -0.05) is 62.4 Å². The van der Waals surface area contributed by atoms with Gasteiger partial charge in [0.25, 0.3) is 0 Å². The summed E-state index contributed by atoms with van der Waals surface area (Å²) in [5, 5.41) is 12.2. The number of benzene rings is 1. The summed E-state index contributed by atoms with van der Waals surface area (Å²) in [6.07, 6.45) is 5.54. The van der Waals surface area contributed by atoms with Crippen LogP contribution < -0.4 is 5.32 Å². The number of carboxylic acids is 1. The summed E-state index contributed by atoms with van der Waals surface area (Å²) in [5.41, 5.74) is 0.408. The summed E-state index contributed by atoms with van der Waals surface area (Å²) in [6, 6.07) is 5.56. The molecule has 4 nitrogen and oxygen atoms in total. The fraction of sp³-hybridized carbons (Fsp3) is 0.500. The van der Waals surface area contributed by atoms with E-state index in [1.54, 1.807) is 24.3 Å². The van der Waals surface area contributed by atoms with Crippen LogP contribution in [0, 0.1) is 0 Å². The molecular formula is C16H22ClNO3. The summed E-state index contributed by atoms with van der Waals surface area (Å²) in [5.74, 6) is -1.36. The molecule has 2 N–H and O–H groups in total. The fourth-order valence-corrected chi connectivity index (χ4v) is 2.35. The topological polar surface area (TPSA) is 66.4 Å². The van der Waals surface area contributed by atoms with Crippen molar-refractivity contribution in [2.45, 2.75) is 51.5 Å². The molecule has 1 rings (SSSR count). The van der Waals surface area contributed by atoms with Gasteiger partial charge in [-0.05, 0) is 12.5 Å². The number of carboxylic acid groups (broad SMARTS) is 1. The molecule has 0 aliphatic rings. The zero-order chi connectivity index (χ0) is 15.7. The van der Waals surface area contributed by atoms with Crippen LogP contribution >= 0.6 is 11.6 Å². The van der Waals surface area contributed by atoms with E-state index in [4.69, 9.17) is 11.6 Å². The smallest absolute Gasteiger partial charge is 0.330 e. The third-order valence-electron chi connectivity index (χ3n) is 3.28.